The molecule has 2 aromatic rings. The van der Waals surface area contributed by atoms with E-state index in [2.05, 4.69) is 5.10 Å². The number of likely N-dealkylation sites (tertiary alicyclic amines) is 1. The van der Waals surface area contributed by atoms with Crippen LogP contribution in [0.25, 0.3) is 0 Å². The number of aromatic nitrogens is 2. The summed E-state index contributed by atoms with van der Waals surface area (Å²) in [5, 5.41) is 13.6. The third kappa shape index (κ3) is 3.71. The van der Waals surface area contributed by atoms with Crippen molar-refractivity contribution in [3.8, 4) is 5.75 Å². The summed E-state index contributed by atoms with van der Waals surface area (Å²) in [7, 11) is 1.62. The van der Waals surface area contributed by atoms with E-state index >= 15 is 0 Å². The molecule has 3 rings (SSSR count). The number of piperidine rings is 1. The van der Waals surface area contributed by atoms with Crippen LogP contribution in [0.5, 0.6) is 5.75 Å². The molecular formula is C19H23N3O4. The van der Waals surface area contributed by atoms with Crippen molar-refractivity contribution in [2.45, 2.75) is 32.4 Å². The molecule has 7 nitrogen and oxygen atoms in total. The second-order valence-electron chi connectivity index (χ2n) is 6.60. The molecule has 1 aliphatic rings. The van der Waals surface area contributed by atoms with E-state index in [1.54, 1.807) is 36.0 Å². The Morgan fingerprint density at radius 3 is 2.69 bits per heavy atom. The van der Waals surface area contributed by atoms with E-state index in [1.807, 2.05) is 24.3 Å². The van der Waals surface area contributed by atoms with Gasteiger partial charge in [-0.1, -0.05) is 12.1 Å². The fourth-order valence-electron chi connectivity index (χ4n) is 3.40. The SMILES string of the molecule is COc1ccc(Cn2cc(C(=O)N3CCC[C@H](C(=O)O)[C@@H]3C)cn2)cc1. The Labute approximate surface area is 152 Å². The quantitative estimate of drug-likeness (QED) is 0.887. The van der Waals surface area contributed by atoms with E-state index < -0.39 is 11.9 Å². The molecule has 0 unspecified atom stereocenters. The largest absolute Gasteiger partial charge is 0.497 e. The van der Waals surface area contributed by atoms with Gasteiger partial charge in [0.05, 0.1) is 31.3 Å². The van der Waals surface area contributed by atoms with Crippen LogP contribution in [0.4, 0.5) is 0 Å². The number of ether oxygens (including phenoxy) is 1. The van der Waals surface area contributed by atoms with E-state index in [-0.39, 0.29) is 11.9 Å². The smallest absolute Gasteiger partial charge is 0.308 e. The van der Waals surface area contributed by atoms with E-state index in [0.717, 1.165) is 11.3 Å². The fourth-order valence-corrected chi connectivity index (χ4v) is 3.40. The summed E-state index contributed by atoms with van der Waals surface area (Å²) >= 11 is 0. The first-order chi connectivity index (χ1) is 12.5. The Hall–Kier alpha value is -2.83. The van der Waals surface area contributed by atoms with Gasteiger partial charge in [0.25, 0.3) is 5.91 Å². The average molecular weight is 357 g/mol. The van der Waals surface area contributed by atoms with Gasteiger partial charge in [0, 0.05) is 18.8 Å². The molecule has 138 valence electrons. The van der Waals surface area contributed by atoms with Crippen LogP contribution in [-0.4, -0.2) is 51.4 Å². The van der Waals surface area contributed by atoms with Crippen LogP contribution >= 0.6 is 0 Å². The first-order valence-corrected chi connectivity index (χ1v) is 8.68. The summed E-state index contributed by atoms with van der Waals surface area (Å²) in [4.78, 5) is 25.8. The molecule has 1 fully saturated rings. The third-order valence-corrected chi connectivity index (χ3v) is 4.95. The number of methoxy groups -OCH3 is 1. The molecular weight excluding hydrogens is 334 g/mol. The van der Waals surface area contributed by atoms with Crippen LogP contribution < -0.4 is 4.74 Å². The van der Waals surface area contributed by atoms with Crippen molar-refractivity contribution in [2.75, 3.05) is 13.7 Å². The number of hydrogen-bond donors (Lipinski definition) is 1. The molecule has 2 heterocycles. The summed E-state index contributed by atoms with van der Waals surface area (Å²) in [5.41, 5.74) is 1.53. The minimum atomic E-state index is -0.842. The molecule has 0 aliphatic carbocycles. The molecule has 1 amide bonds. The van der Waals surface area contributed by atoms with Gasteiger partial charge in [-0.15, -0.1) is 0 Å². The van der Waals surface area contributed by atoms with Crippen LogP contribution in [0.2, 0.25) is 0 Å². The minimum absolute atomic E-state index is 0.163. The Morgan fingerprint density at radius 2 is 2.04 bits per heavy atom. The summed E-state index contributed by atoms with van der Waals surface area (Å²) in [6.45, 7) is 2.93. The van der Waals surface area contributed by atoms with Crippen molar-refractivity contribution in [2.24, 2.45) is 5.92 Å². The fraction of sp³-hybridized carbons (Fsp3) is 0.421. The van der Waals surface area contributed by atoms with Crippen LogP contribution in [0.3, 0.4) is 0 Å². The molecule has 0 bridgehead atoms. The van der Waals surface area contributed by atoms with E-state index in [9.17, 15) is 14.7 Å². The maximum Gasteiger partial charge on any atom is 0.308 e. The number of rotatable bonds is 5. The number of benzene rings is 1. The van der Waals surface area contributed by atoms with E-state index in [1.165, 1.54) is 0 Å². The van der Waals surface area contributed by atoms with Crippen LogP contribution in [0.1, 0.15) is 35.7 Å². The number of hydrogen-bond acceptors (Lipinski definition) is 4. The molecule has 1 aromatic heterocycles. The summed E-state index contributed by atoms with van der Waals surface area (Å²) in [5.74, 6) is -0.728. The van der Waals surface area contributed by atoms with Crippen molar-refractivity contribution in [3.63, 3.8) is 0 Å². The predicted octanol–water partition coefficient (Wildman–Crippen LogP) is 2.27. The van der Waals surface area contributed by atoms with Gasteiger partial charge < -0.3 is 14.7 Å². The number of carbonyl (C=O) groups excluding carboxylic acids is 1. The van der Waals surface area contributed by atoms with Crippen LogP contribution in [0.15, 0.2) is 36.7 Å². The van der Waals surface area contributed by atoms with Gasteiger partial charge in [0.2, 0.25) is 0 Å². The van der Waals surface area contributed by atoms with Gasteiger partial charge in [-0.05, 0) is 37.5 Å². The first kappa shape index (κ1) is 18.0. The number of amides is 1. The molecule has 7 heteroatoms. The van der Waals surface area contributed by atoms with E-state index in [4.69, 9.17) is 4.74 Å². The second-order valence-corrected chi connectivity index (χ2v) is 6.60. The second kappa shape index (κ2) is 7.59. The topological polar surface area (TPSA) is 84.7 Å². The van der Waals surface area contributed by atoms with Crippen molar-refractivity contribution < 1.29 is 19.4 Å². The zero-order chi connectivity index (χ0) is 18.7. The maximum atomic E-state index is 12.8. The van der Waals surface area contributed by atoms with Crippen LogP contribution in [0, 0.1) is 5.92 Å². The maximum absolute atomic E-state index is 12.8. The number of aliphatic carboxylic acids is 1. The molecule has 1 N–H and O–H groups in total. The summed E-state index contributed by atoms with van der Waals surface area (Å²) in [6.07, 6.45) is 4.57. The zero-order valence-electron chi connectivity index (χ0n) is 15.0. The first-order valence-electron chi connectivity index (χ1n) is 8.68. The molecule has 1 aromatic carbocycles. The lowest BCUT2D eigenvalue weighted by Crippen LogP contribution is -2.49. The van der Waals surface area contributed by atoms with Crippen molar-refractivity contribution in [1.82, 2.24) is 14.7 Å². The van der Waals surface area contributed by atoms with Gasteiger partial charge in [0.15, 0.2) is 0 Å². The Morgan fingerprint density at radius 1 is 1.31 bits per heavy atom. The highest BCUT2D eigenvalue weighted by Crippen LogP contribution is 2.25. The average Bonchev–Trinajstić information content (AvgIpc) is 3.10. The minimum Gasteiger partial charge on any atom is -0.497 e. The Bertz CT molecular complexity index is 784. The van der Waals surface area contributed by atoms with Gasteiger partial charge in [-0.2, -0.15) is 5.10 Å². The molecule has 1 aliphatic heterocycles. The highest BCUT2D eigenvalue weighted by Gasteiger charge is 2.35. The van der Waals surface area contributed by atoms with E-state index in [0.29, 0.717) is 31.5 Å². The number of carboxylic acid groups (broad SMARTS) is 1. The molecule has 0 radical (unpaired) electrons. The number of nitrogens with zero attached hydrogens (tertiary/aromatic N) is 3. The van der Waals surface area contributed by atoms with Crippen molar-refractivity contribution >= 4 is 11.9 Å². The molecule has 0 spiro atoms. The van der Waals surface area contributed by atoms with Crippen LogP contribution in [-0.2, 0) is 11.3 Å². The molecule has 0 saturated carbocycles. The summed E-state index contributed by atoms with van der Waals surface area (Å²) < 4.78 is 6.85. The molecule has 26 heavy (non-hydrogen) atoms. The predicted molar refractivity (Wildman–Crippen MR) is 95.2 cm³/mol. The van der Waals surface area contributed by atoms with Gasteiger partial charge >= 0.3 is 5.97 Å². The normalized spacial score (nSPS) is 20.0. The Kier molecular flexibility index (Phi) is 5.25. The lowest BCUT2D eigenvalue weighted by atomic mass is 9.90. The zero-order valence-corrected chi connectivity index (χ0v) is 15.0. The monoisotopic (exact) mass is 357 g/mol. The number of carboxylic acids is 1. The molecule has 1 saturated heterocycles. The number of carbonyl (C=O) groups is 2. The lowest BCUT2D eigenvalue weighted by Gasteiger charge is -2.37. The third-order valence-electron chi connectivity index (χ3n) is 4.95. The Balaban J connectivity index is 1.70. The highest BCUT2D eigenvalue weighted by atomic mass is 16.5. The van der Waals surface area contributed by atoms with Gasteiger partial charge in [-0.3, -0.25) is 14.3 Å². The standard InChI is InChI=1S/C19H23N3O4/c1-13-17(19(24)25)4-3-9-22(13)18(23)15-10-20-21(12-15)11-14-5-7-16(26-2)8-6-14/h5-8,10,12-13,17H,3-4,9,11H2,1-2H3,(H,24,25)/t13-,17-/m0/s1. The van der Waals surface area contributed by atoms with Gasteiger partial charge in [-0.25, -0.2) is 0 Å². The van der Waals surface area contributed by atoms with Gasteiger partial charge in [0.1, 0.15) is 5.75 Å². The highest BCUT2D eigenvalue weighted by molar-refractivity contribution is 5.94. The van der Waals surface area contributed by atoms with Crippen molar-refractivity contribution in [1.29, 1.82) is 0 Å². The van der Waals surface area contributed by atoms with Crippen molar-refractivity contribution in [3.05, 3.63) is 47.8 Å². The summed E-state index contributed by atoms with van der Waals surface area (Å²) in [6, 6.07) is 7.34. The molecule has 2 atom stereocenters. The lowest BCUT2D eigenvalue weighted by molar-refractivity contribution is -0.144.